The van der Waals surface area contributed by atoms with Crippen LogP contribution in [0.1, 0.15) is 0 Å². The van der Waals surface area contributed by atoms with Gasteiger partial charge in [0.1, 0.15) is 0 Å². The molecule has 0 bridgehead atoms. The van der Waals surface area contributed by atoms with E-state index in [1.807, 2.05) is 66.7 Å². The van der Waals surface area contributed by atoms with Crippen molar-refractivity contribution in [2.45, 2.75) is 0 Å². The first-order valence-corrected chi connectivity index (χ1v) is 13.2. The minimum absolute atomic E-state index is 0.0255. The zero-order valence-electron chi connectivity index (χ0n) is 20.3. The van der Waals surface area contributed by atoms with Gasteiger partial charge in [-0.25, -0.2) is 19.5 Å². The van der Waals surface area contributed by atoms with Crippen LogP contribution in [0.5, 0.6) is 0 Å². The van der Waals surface area contributed by atoms with E-state index in [4.69, 9.17) is 9.97 Å². The molecule has 39 heavy (non-hydrogen) atoms. The number of thiophene rings is 1. The highest BCUT2D eigenvalue weighted by Gasteiger charge is 2.21. The fourth-order valence-corrected chi connectivity index (χ4v) is 6.37. The van der Waals surface area contributed by atoms with Gasteiger partial charge < -0.3 is 0 Å². The molecule has 8 rings (SSSR count). The maximum atomic E-state index is 14.2. The van der Waals surface area contributed by atoms with Crippen molar-refractivity contribution in [2.24, 2.45) is 0 Å². The number of nitrogens with zero attached hydrogens (tertiary/aromatic N) is 5. The molecule has 0 unspecified atom stereocenters. The second kappa shape index (κ2) is 8.14. The van der Waals surface area contributed by atoms with E-state index in [2.05, 4.69) is 11.1 Å². The summed E-state index contributed by atoms with van der Waals surface area (Å²) in [6, 6.07) is 32.3. The van der Waals surface area contributed by atoms with Gasteiger partial charge in [0.15, 0.2) is 0 Å². The van der Waals surface area contributed by atoms with Gasteiger partial charge in [-0.05, 0) is 30.3 Å². The molecular weight excluding hydrogens is 506 g/mol. The van der Waals surface area contributed by atoms with Gasteiger partial charge in [0.05, 0.1) is 37.8 Å². The van der Waals surface area contributed by atoms with Crippen molar-refractivity contribution < 1.29 is 0 Å². The van der Waals surface area contributed by atoms with Crippen molar-refractivity contribution in [3.05, 3.63) is 124 Å². The van der Waals surface area contributed by atoms with Crippen molar-refractivity contribution in [1.29, 1.82) is 0 Å². The van der Waals surface area contributed by atoms with E-state index in [1.54, 1.807) is 41.7 Å². The van der Waals surface area contributed by atoms with Gasteiger partial charge >= 0.3 is 5.56 Å². The Morgan fingerprint density at radius 3 is 2.15 bits per heavy atom. The molecule has 0 radical (unpaired) electrons. The van der Waals surface area contributed by atoms with Crippen LogP contribution in [0.25, 0.3) is 65.1 Å². The number of fused-ring (bicyclic) bond motifs is 7. The lowest BCUT2D eigenvalue weighted by Crippen LogP contribution is -2.29. The van der Waals surface area contributed by atoms with Crippen molar-refractivity contribution >= 4 is 59.2 Å². The summed E-state index contributed by atoms with van der Waals surface area (Å²) < 4.78 is 4.91. The van der Waals surface area contributed by atoms with Crippen molar-refractivity contribution in [3.8, 4) is 17.2 Å². The lowest BCUT2D eigenvalue weighted by atomic mass is 10.1. The number of para-hydroxylation sites is 3. The monoisotopic (exact) mass is 523 g/mol. The molecule has 0 N–H and O–H groups in total. The van der Waals surface area contributed by atoms with Crippen molar-refractivity contribution in [2.75, 3.05) is 0 Å². The maximum Gasteiger partial charge on any atom is 0.301 e. The first-order valence-electron chi connectivity index (χ1n) is 12.4. The van der Waals surface area contributed by atoms with E-state index in [1.165, 1.54) is 8.97 Å². The number of rotatable bonds is 2. The predicted molar refractivity (Wildman–Crippen MR) is 156 cm³/mol. The summed E-state index contributed by atoms with van der Waals surface area (Å²) in [4.78, 5) is 42.3. The lowest BCUT2D eigenvalue weighted by Gasteiger charge is -2.14. The highest BCUT2D eigenvalue weighted by molar-refractivity contribution is 7.26. The Kier molecular flexibility index (Phi) is 4.56. The minimum Gasteiger partial charge on any atom is -0.268 e. The second-order valence-electron chi connectivity index (χ2n) is 9.24. The summed E-state index contributed by atoms with van der Waals surface area (Å²) in [6.45, 7) is 0. The molecule has 7 nitrogen and oxygen atoms in total. The molecule has 0 spiro atoms. The fourth-order valence-electron chi connectivity index (χ4n) is 5.22. The average molecular weight is 524 g/mol. The standard InChI is InChI=1S/C31H17N5O2S/c37-29-19-12-4-6-14-21(19)32-28-30(38)36(23-16-8-7-15-22(23)35(28)29)31-33-25(18-10-2-1-3-11-18)27-26(34-31)20-13-5-9-17-24(20)39-27/h1-17H. The molecule has 0 aliphatic rings. The van der Waals surface area contributed by atoms with Crippen LogP contribution in [0.4, 0.5) is 0 Å². The van der Waals surface area contributed by atoms with Crippen LogP contribution in [-0.2, 0) is 0 Å². The quantitative estimate of drug-likeness (QED) is 0.206. The molecule has 4 heterocycles. The van der Waals surface area contributed by atoms with Gasteiger partial charge in [0.25, 0.3) is 5.56 Å². The molecule has 0 atom stereocenters. The molecule has 4 aromatic carbocycles. The van der Waals surface area contributed by atoms with Crippen LogP contribution in [-0.4, -0.2) is 23.9 Å². The van der Waals surface area contributed by atoms with Crippen LogP contribution in [0, 0.1) is 0 Å². The highest BCUT2D eigenvalue weighted by Crippen LogP contribution is 2.38. The Hall–Kier alpha value is -5.21. The number of aromatic nitrogens is 5. The summed E-state index contributed by atoms with van der Waals surface area (Å²) in [6.07, 6.45) is 0. The van der Waals surface area contributed by atoms with Crippen LogP contribution >= 0.6 is 11.3 Å². The first-order chi connectivity index (χ1) is 19.2. The molecule has 184 valence electrons. The summed E-state index contributed by atoms with van der Waals surface area (Å²) in [7, 11) is 0. The Balaban J connectivity index is 1.57. The van der Waals surface area contributed by atoms with Gasteiger partial charge in [0.2, 0.25) is 11.6 Å². The molecule has 0 saturated carbocycles. The summed E-state index contributed by atoms with van der Waals surface area (Å²) in [5, 5.41) is 1.45. The second-order valence-corrected chi connectivity index (χ2v) is 10.3. The van der Waals surface area contributed by atoms with E-state index in [-0.39, 0.29) is 17.2 Å². The van der Waals surface area contributed by atoms with Crippen LogP contribution in [0.15, 0.2) is 113 Å². The largest absolute Gasteiger partial charge is 0.301 e. The molecule has 0 aliphatic carbocycles. The Morgan fingerprint density at radius 1 is 0.615 bits per heavy atom. The molecule has 8 aromatic rings. The Labute approximate surface area is 223 Å². The maximum absolute atomic E-state index is 14.2. The first kappa shape index (κ1) is 21.8. The molecule has 0 saturated heterocycles. The van der Waals surface area contributed by atoms with Gasteiger partial charge in [-0.2, -0.15) is 0 Å². The van der Waals surface area contributed by atoms with Gasteiger partial charge in [-0.15, -0.1) is 11.3 Å². The third-order valence-corrected chi connectivity index (χ3v) is 8.16. The zero-order valence-corrected chi connectivity index (χ0v) is 21.1. The summed E-state index contributed by atoms with van der Waals surface area (Å²) in [5.41, 5.74) is 3.26. The van der Waals surface area contributed by atoms with Gasteiger partial charge in [0, 0.05) is 15.6 Å². The van der Waals surface area contributed by atoms with E-state index in [0.717, 1.165) is 31.6 Å². The van der Waals surface area contributed by atoms with Crippen LogP contribution in [0.3, 0.4) is 0 Å². The number of hydrogen-bond donors (Lipinski definition) is 0. The third-order valence-electron chi connectivity index (χ3n) is 6.99. The lowest BCUT2D eigenvalue weighted by molar-refractivity contribution is 0.917. The number of benzene rings is 4. The minimum atomic E-state index is -0.463. The van der Waals surface area contributed by atoms with Crippen molar-refractivity contribution in [1.82, 2.24) is 23.9 Å². The smallest absolute Gasteiger partial charge is 0.268 e. The van der Waals surface area contributed by atoms with E-state index in [9.17, 15) is 9.59 Å². The van der Waals surface area contributed by atoms with Crippen LogP contribution in [0.2, 0.25) is 0 Å². The van der Waals surface area contributed by atoms with Gasteiger partial charge in [-0.1, -0.05) is 72.8 Å². The zero-order chi connectivity index (χ0) is 26.1. The number of hydrogen-bond acceptors (Lipinski definition) is 6. The summed E-state index contributed by atoms with van der Waals surface area (Å²) in [5.74, 6) is 0.232. The average Bonchev–Trinajstić information content (AvgIpc) is 3.36. The normalized spacial score (nSPS) is 11.8. The third kappa shape index (κ3) is 3.12. The highest BCUT2D eigenvalue weighted by atomic mass is 32.1. The Morgan fingerprint density at radius 2 is 1.31 bits per heavy atom. The fraction of sp³-hybridized carbons (Fsp3) is 0. The SMILES string of the molecule is O=c1c2nc3ccccc3c(=O)n2c2ccccc2n1-c1nc(-c2ccccc2)c2sc3ccccc3c2n1. The van der Waals surface area contributed by atoms with E-state index >= 15 is 0 Å². The topological polar surface area (TPSA) is 82.1 Å². The summed E-state index contributed by atoms with van der Waals surface area (Å²) >= 11 is 1.63. The molecule has 0 aliphatic heterocycles. The predicted octanol–water partition coefficient (Wildman–Crippen LogP) is 5.98. The molecule has 0 amide bonds. The van der Waals surface area contributed by atoms with Gasteiger partial charge in [-0.3, -0.25) is 14.0 Å². The molecule has 8 heteroatoms. The molecular formula is C31H17N5O2S. The molecule has 0 fully saturated rings. The van der Waals surface area contributed by atoms with Crippen LogP contribution < -0.4 is 11.1 Å². The van der Waals surface area contributed by atoms with E-state index < -0.39 is 5.56 Å². The Bertz CT molecular complexity index is 2390. The van der Waals surface area contributed by atoms with Crippen molar-refractivity contribution in [3.63, 3.8) is 0 Å². The van der Waals surface area contributed by atoms with E-state index in [0.29, 0.717) is 21.9 Å². The molecule has 4 aromatic heterocycles.